The highest BCUT2D eigenvalue weighted by Crippen LogP contribution is 2.29. The van der Waals surface area contributed by atoms with Crippen LogP contribution in [0.25, 0.3) is 27.8 Å². The van der Waals surface area contributed by atoms with E-state index in [9.17, 15) is 9.59 Å². The topological polar surface area (TPSA) is 110 Å². The third-order valence-corrected chi connectivity index (χ3v) is 6.95. The molecular formula is C29H21Cl2N7O2. The Morgan fingerprint density at radius 2 is 1.85 bits per heavy atom. The van der Waals surface area contributed by atoms with Gasteiger partial charge >= 0.3 is 0 Å². The third kappa shape index (κ3) is 5.12. The number of halogens is 2. The van der Waals surface area contributed by atoms with Crippen molar-refractivity contribution in [2.45, 2.75) is 12.5 Å². The summed E-state index contributed by atoms with van der Waals surface area (Å²) in [5, 5.41) is 12.4. The van der Waals surface area contributed by atoms with Gasteiger partial charge in [-0.05, 0) is 42.0 Å². The molecule has 0 spiro atoms. The Bertz CT molecular complexity index is 1900. The van der Waals surface area contributed by atoms with Gasteiger partial charge in [-0.3, -0.25) is 14.2 Å². The van der Waals surface area contributed by atoms with Crippen molar-refractivity contribution >= 4 is 45.7 Å². The van der Waals surface area contributed by atoms with E-state index < -0.39 is 11.6 Å². The standard InChI is InChI=1S/C29H21Cl2N7O2/c30-19-9-10-25(38-16-27(31)35-36-38)21(14-19)24-15-28(39)37(17-33-24)26(13-18-5-2-1-3-6-18)29(40)34-23-8-4-7-22-20(23)11-12-32-22/h1-12,14-17,26,32H,13H2,(H,34,40). The van der Waals surface area contributed by atoms with Crippen molar-refractivity contribution < 1.29 is 4.79 Å². The van der Waals surface area contributed by atoms with E-state index in [1.165, 1.54) is 21.6 Å². The highest BCUT2D eigenvalue weighted by atomic mass is 35.5. The van der Waals surface area contributed by atoms with Crippen LogP contribution in [-0.2, 0) is 11.2 Å². The lowest BCUT2D eigenvalue weighted by Crippen LogP contribution is -2.34. The number of amides is 1. The predicted octanol–water partition coefficient (Wildman–Crippen LogP) is 5.70. The summed E-state index contributed by atoms with van der Waals surface area (Å²) in [5.74, 6) is -0.338. The number of carbonyl (C=O) groups is 1. The quantitative estimate of drug-likeness (QED) is 0.256. The van der Waals surface area contributed by atoms with Gasteiger partial charge in [0.25, 0.3) is 5.56 Å². The average molecular weight is 570 g/mol. The molecule has 11 heteroatoms. The zero-order chi connectivity index (χ0) is 27.6. The second-order valence-corrected chi connectivity index (χ2v) is 9.93. The fourth-order valence-corrected chi connectivity index (χ4v) is 4.93. The van der Waals surface area contributed by atoms with E-state index in [2.05, 4.69) is 25.6 Å². The molecule has 3 aromatic heterocycles. The molecule has 9 nitrogen and oxygen atoms in total. The Balaban J connectivity index is 1.39. The minimum absolute atomic E-state index is 0.217. The summed E-state index contributed by atoms with van der Waals surface area (Å²) in [6, 6.07) is 22.7. The number of hydrogen-bond donors (Lipinski definition) is 2. The molecule has 3 aromatic carbocycles. The predicted molar refractivity (Wildman–Crippen MR) is 155 cm³/mol. The molecule has 0 bridgehead atoms. The Morgan fingerprint density at radius 3 is 2.62 bits per heavy atom. The normalized spacial score (nSPS) is 11.9. The fourth-order valence-electron chi connectivity index (χ4n) is 4.63. The van der Waals surface area contributed by atoms with Crippen molar-refractivity contribution in [1.82, 2.24) is 29.5 Å². The molecule has 6 aromatic rings. The Kier molecular flexibility index (Phi) is 6.90. The van der Waals surface area contributed by atoms with Crippen molar-refractivity contribution in [2.75, 3.05) is 5.32 Å². The van der Waals surface area contributed by atoms with E-state index in [1.807, 2.05) is 60.8 Å². The van der Waals surface area contributed by atoms with E-state index in [0.717, 1.165) is 16.5 Å². The van der Waals surface area contributed by atoms with Crippen LogP contribution in [0.5, 0.6) is 0 Å². The first-order chi connectivity index (χ1) is 19.5. The minimum Gasteiger partial charge on any atom is -0.361 e. The number of aromatic nitrogens is 6. The summed E-state index contributed by atoms with van der Waals surface area (Å²) in [4.78, 5) is 35.0. The van der Waals surface area contributed by atoms with Gasteiger partial charge in [-0.25, -0.2) is 9.67 Å². The lowest BCUT2D eigenvalue weighted by molar-refractivity contribution is -0.119. The van der Waals surface area contributed by atoms with Crippen LogP contribution >= 0.6 is 23.2 Å². The summed E-state index contributed by atoms with van der Waals surface area (Å²) >= 11 is 12.3. The van der Waals surface area contributed by atoms with E-state index in [4.69, 9.17) is 23.2 Å². The number of benzene rings is 3. The van der Waals surface area contributed by atoms with Gasteiger partial charge in [0.1, 0.15) is 6.04 Å². The molecule has 3 heterocycles. The van der Waals surface area contributed by atoms with Gasteiger partial charge in [-0.1, -0.05) is 64.8 Å². The van der Waals surface area contributed by atoms with Gasteiger partial charge in [0, 0.05) is 40.2 Å². The van der Waals surface area contributed by atoms with Crippen molar-refractivity contribution in [1.29, 1.82) is 0 Å². The molecule has 1 amide bonds. The molecule has 0 radical (unpaired) electrons. The lowest BCUT2D eigenvalue weighted by atomic mass is 10.0. The molecule has 40 heavy (non-hydrogen) atoms. The highest BCUT2D eigenvalue weighted by molar-refractivity contribution is 6.31. The van der Waals surface area contributed by atoms with Gasteiger partial charge in [0.15, 0.2) is 5.15 Å². The van der Waals surface area contributed by atoms with Crippen LogP contribution in [-0.4, -0.2) is 35.4 Å². The van der Waals surface area contributed by atoms with Crippen molar-refractivity contribution in [2.24, 2.45) is 0 Å². The van der Waals surface area contributed by atoms with E-state index in [1.54, 1.807) is 24.4 Å². The highest BCUT2D eigenvalue weighted by Gasteiger charge is 2.24. The summed E-state index contributed by atoms with van der Waals surface area (Å²) in [5.41, 5.74) is 3.55. The molecule has 2 N–H and O–H groups in total. The van der Waals surface area contributed by atoms with E-state index in [-0.39, 0.29) is 17.5 Å². The van der Waals surface area contributed by atoms with Crippen LogP contribution in [0.4, 0.5) is 5.69 Å². The minimum atomic E-state index is -0.862. The largest absolute Gasteiger partial charge is 0.361 e. The molecule has 0 fully saturated rings. The lowest BCUT2D eigenvalue weighted by Gasteiger charge is -2.20. The summed E-state index contributed by atoms with van der Waals surface area (Å²) in [6.45, 7) is 0. The van der Waals surface area contributed by atoms with Gasteiger partial charge in [0.2, 0.25) is 5.91 Å². The number of H-pyrrole nitrogens is 1. The molecule has 0 saturated carbocycles. The second-order valence-electron chi connectivity index (χ2n) is 9.11. The molecule has 0 saturated heterocycles. The number of nitrogens with zero attached hydrogens (tertiary/aromatic N) is 5. The third-order valence-electron chi connectivity index (χ3n) is 6.55. The average Bonchev–Trinajstić information content (AvgIpc) is 3.62. The van der Waals surface area contributed by atoms with Crippen LogP contribution in [0, 0.1) is 0 Å². The monoisotopic (exact) mass is 569 g/mol. The number of carbonyl (C=O) groups excluding carboxylic acids is 1. The Morgan fingerprint density at radius 1 is 1.00 bits per heavy atom. The summed E-state index contributed by atoms with van der Waals surface area (Å²) in [6.07, 6.45) is 5.03. The molecule has 1 unspecified atom stereocenters. The number of hydrogen-bond acceptors (Lipinski definition) is 5. The zero-order valence-corrected chi connectivity index (χ0v) is 22.3. The van der Waals surface area contributed by atoms with Crippen molar-refractivity contribution in [3.63, 3.8) is 0 Å². The molecule has 0 aliphatic rings. The number of nitrogens with one attached hydrogen (secondary N) is 2. The second kappa shape index (κ2) is 10.8. The maximum Gasteiger partial charge on any atom is 0.254 e. The first kappa shape index (κ1) is 25.5. The van der Waals surface area contributed by atoms with Crippen molar-refractivity contribution in [3.8, 4) is 16.9 Å². The summed E-state index contributed by atoms with van der Waals surface area (Å²) in [7, 11) is 0. The van der Waals surface area contributed by atoms with Gasteiger partial charge < -0.3 is 10.3 Å². The number of anilines is 1. The fraction of sp³-hybridized carbons (Fsp3) is 0.0690. The van der Waals surface area contributed by atoms with Crippen LogP contribution in [0.1, 0.15) is 11.6 Å². The van der Waals surface area contributed by atoms with Gasteiger partial charge in [-0.2, -0.15) is 0 Å². The molecule has 0 aliphatic carbocycles. The van der Waals surface area contributed by atoms with Crippen LogP contribution in [0.2, 0.25) is 10.2 Å². The smallest absolute Gasteiger partial charge is 0.254 e. The maximum atomic E-state index is 13.7. The van der Waals surface area contributed by atoms with Gasteiger partial charge in [0.05, 0.1) is 29.6 Å². The first-order valence-corrected chi connectivity index (χ1v) is 13.1. The molecule has 0 aliphatic heterocycles. The van der Waals surface area contributed by atoms with E-state index in [0.29, 0.717) is 27.7 Å². The number of rotatable bonds is 7. The van der Waals surface area contributed by atoms with Crippen molar-refractivity contribution in [3.05, 3.63) is 124 Å². The van der Waals surface area contributed by atoms with Gasteiger partial charge in [-0.15, -0.1) is 5.10 Å². The molecular weight excluding hydrogens is 549 g/mol. The SMILES string of the molecule is O=C(Nc1cccc2[nH]ccc12)C(Cc1ccccc1)n1cnc(-c2cc(Cl)ccc2-n2cc(Cl)nn2)cc1=O. The van der Waals surface area contributed by atoms with E-state index >= 15 is 0 Å². The zero-order valence-electron chi connectivity index (χ0n) is 20.8. The Labute approximate surface area is 238 Å². The molecule has 1 atom stereocenters. The van der Waals surface area contributed by atoms with Crippen LogP contribution in [0.15, 0.2) is 102 Å². The van der Waals surface area contributed by atoms with Crippen LogP contribution < -0.4 is 10.9 Å². The number of fused-ring (bicyclic) bond motifs is 1. The number of aromatic amines is 1. The summed E-state index contributed by atoms with van der Waals surface area (Å²) < 4.78 is 2.83. The first-order valence-electron chi connectivity index (χ1n) is 12.3. The molecule has 6 rings (SSSR count). The maximum absolute atomic E-state index is 13.7. The van der Waals surface area contributed by atoms with Crippen LogP contribution in [0.3, 0.4) is 0 Å². The Hall–Kier alpha value is -4.73. The molecule has 198 valence electrons.